The second-order valence-corrected chi connectivity index (χ2v) is 9.17. The van der Waals surface area contributed by atoms with E-state index < -0.39 is 10.0 Å². The van der Waals surface area contributed by atoms with Crippen molar-refractivity contribution in [1.29, 1.82) is 0 Å². The standard InChI is InChI=1S/C16H29N3O3S/c17-23(21,22)11-10-18-6-8-19(9-7-18)16(20)15-12-14(15)13-4-2-1-3-5-13/h13-15H,1-12H2,(H2,17,21,22)/t14-,15+/m0/s1. The van der Waals surface area contributed by atoms with Crippen molar-refractivity contribution in [2.45, 2.75) is 38.5 Å². The number of rotatable bonds is 5. The Morgan fingerprint density at radius 2 is 1.70 bits per heavy atom. The molecule has 132 valence electrons. The van der Waals surface area contributed by atoms with Crippen molar-refractivity contribution in [3.63, 3.8) is 0 Å². The van der Waals surface area contributed by atoms with Crippen LogP contribution in [0.25, 0.3) is 0 Å². The quantitative estimate of drug-likeness (QED) is 0.794. The van der Waals surface area contributed by atoms with Crippen LogP contribution in [0.4, 0.5) is 0 Å². The van der Waals surface area contributed by atoms with Gasteiger partial charge in [-0.1, -0.05) is 32.1 Å². The average molecular weight is 343 g/mol. The number of primary sulfonamides is 1. The van der Waals surface area contributed by atoms with Gasteiger partial charge >= 0.3 is 0 Å². The van der Waals surface area contributed by atoms with Gasteiger partial charge in [-0.15, -0.1) is 0 Å². The van der Waals surface area contributed by atoms with E-state index in [-0.39, 0.29) is 11.7 Å². The lowest BCUT2D eigenvalue weighted by Gasteiger charge is -2.35. The summed E-state index contributed by atoms with van der Waals surface area (Å²) in [4.78, 5) is 16.7. The van der Waals surface area contributed by atoms with E-state index in [1.165, 1.54) is 32.1 Å². The molecule has 1 heterocycles. The van der Waals surface area contributed by atoms with Gasteiger partial charge in [0.1, 0.15) is 0 Å². The highest BCUT2D eigenvalue weighted by Gasteiger charge is 2.48. The van der Waals surface area contributed by atoms with E-state index in [1.54, 1.807) is 0 Å². The van der Waals surface area contributed by atoms with Crippen LogP contribution in [0, 0.1) is 17.8 Å². The maximum absolute atomic E-state index is 12.6. The summed E-state index contributed by atoms with van der Waals surface area (Å²) in [5.41, 5.74) is 0. The largest absolute Gasteiger partial charge is 0.340 e. The molecule has 1 aliphatic heterocycles. The summed E-state index contributed by atoms with van der Waals surface area (Å²) in [5, 5.41) is 5.04. The third kappa shape index (κ3) is 4.67. The Bertz CT molecular complexity index is 523. The molecule has 3 rings (SSSR count). The molecule has 1 amide bonds. The monoisotopic (exact) mass is 343 g/mol. The van der Waals surface area contributed by atoms with Crippen LogP contribution < -0.4 is 5.14 Å². The summed E-state index contributed by atoms with van der Waals surface area (Å²) in [6.45, 7) is 3.41. The minimum absolute atomic E-state index is 0.00662. The highest BCUT2D eigenvalue weighted by molar-refractivity contribution is 7.89. The van der Waals surface area contributed by atoms with Crippen LogP contribution in [-0.2, 0) is 14.8 Å². The molecule has 2 saturated carbocycles. The lowest BCUT2D eigenvalue weighted by atomic mass is 9.85. The lowest BCUT2D eigenvalue weighted by molar-refractivity contribution is -0.134. The highest BCUT2D eigenvalue weighted by atomic mass is 32.2. The summed E-state index contributed by atoms with van der Waals surface area (Å²) in [7, 11) is -3.40. The van der Waals surface area contributed by atoms with Crippen LogP contribution in [0.2, 0.25) is 0 Å². The Morgan fingerprint density at radius 3 is 2.30 bits per heavy atom. The van der Waals surface area contributed by atoms with Crippen LogP contribution in [0.15, 0.2) is 0 Å². The van der Waals surface area contributed by atoms with Gasteiger partial charge < -0.3 is 4.90 Å². The zero-order valence-electron chi connectivity index (χ0n) is 13.8. The molecule has 2 atom stereocenters. The van der Waals surface area contributed by atoms with Crippen molar-refractivity contribution in [2.75, 3.05) is 38.5 Å². The fourth-order valence-corrected chi connectivity index (χ4v) is 4.78. The summed E-state index contributed by atoms with van der Waals surface area (Å²) in [6.07, 6.45) is 7.76. The third-order valence-electron chi connectivity index (χ3n) is 5.79. The Hall–Kier alpha value is -0.660. The number of amides is 1. The average Bonchev–Trinajstić information content (AvgIpc) is 3.33. The van der Waals surface area contributed by atoms with Crippen LogP contribution in [-0.4, -0.2) is 62.6 Å². The molecule has 3 aliphatic rings. The second-order valence-electron chi connectivity index (χ2n) is 7.44. The van der Waals surface area contributed by atoms with E-state index in [0.29, 0.717) is 18.4 Å². The molecule has 2 aliphatic carbocycles. The van der Waals surface area contributed by atoms with Gasteiger partial charge in [0.25, 0.3) is 0 Å². The van der Waals surface area contributed by atoms with Gasteiger partial charge in [0.15, 0.2) is 0 Å². The summed E-state index contributed by atoms with van der Waals surface area (Å²) < 4.78 is 22.0. The van der Waals surface area contributed by atoms with Crippen LogP contribution in [0.3, 0.4) is 0 Å². The Kier molecular flexibility index (Phi) is 5.28. The van der Waals surface area contributed by atoms with Gasteiger partial charge in [-0.3, -0.25) is 9.69 Å². The molecule has 0 aromatic carbocycles. The van der Waals surface area contributed by atoms with Crippen molar-refractivity contribution in [2.24, 2.45) is 22.9 Å². The molecule has 23 heavy (non-hydrogen) atoms. The molecule has 0 radical (unpaired) electrons. The number of piperazine rings is 1. The SMILES string of the molecule is NS(=O)(=O)CCN1CCN(C(=O)[C@@H]2C[C@H]2C2CCCCC2)CC1. The van der Waals surface area contributed by atoms with Gasteiger partial charge in [0, 0.05) is 38.6 Å². The smallest absolute Gasteiger partial charge is 0.226 e. The zero-order valence-corrected chi connectivity index (χ0v) is 14.6. The first kappa shape index (κ1) is 17.2. The molecule has 0 aromatic rings. The van der Waals surface area contributed by atoms with Crippen molar-refractivity contribution in [3.05, 3.63) is 0 Å². The van der Waals surface area contributed by atoms with E-state index in [0.717, 1.165) is 38.5 Å². The maximum Gasteiger partial charge on any atom is 0.226 e. The molecule has 0 spiro atoms. The second kappa shape index (κ2) is 7.07. The van der Waals surface area contributed by atoms with Crippen LogP contribution in [0.1, 0.15) is 38.5 Å². The fourth-order valence-electron chi connectivity index (χ4n) is 4.26. The number of hydrogen-bond donors (Lipinski definition) is 1. The molecule has 0 bridgehead atoms. The Balaban J connectivity index is 1.41. The summed E-state index contributed by atoms with van der Waals surface area (Å²) in [6, 6.07) is 0. The summed E-state index contributed by atoms with van der Waals surface area (Å²) >= 11 is 0. The van der Waals surface area contributed by atoms with Gasteiger partial charge in [-0.25, -0.2) is 13.6 Å². The first-order chi connectivity index (χ1) is 10.9. The number of hydrogen-bond acceptors (Lipinski definition) is 4. The molecule has 0 unspecified atom stereocenters. The highest BCUT2D eigenvalue weighted by Crippen LogP contribution is 2.50. The lowest BCUT2D eigenvalue weighted by Crippen LogP contribution is -2.50. The van der Waals surface area contributed by atoms with E-state index in [1.807, 2.05) is 4.90 Å². The number of carbonyl (C=O) groups is 1. The Morgan fingerprint density at radius 1 is 1.04 bits per heavy atom. The van der Waals surface area contributed by atoms with Crippen molar-refractivity contribution in [3.8, 4) is 0 Å². The Labute approximate surface area is 139 Å². The van der Waals surface area contributed by atoms with Gasteiger partial charge in [0.05, 0.1) is 5.75 Å². The molecule has 0 aromatic heterocycles. The first-order valence-electron chi connectivity index (χ1n) is 8.95. The normalized spacial score (nSPS) is 30.4. The number of nitrogens with zero attached hydrogens (tertiary/aromatic N) is 2. The zero-order chi connectivity index (χ0) is 16.4. The fraction of sp³-hybridized carbons (Fsp3) is 0.938. The minimum Gasteiger partial charge on any atom is -0.340 e. The third-order valence-corrected chi connectivity index (χ3v) is 6.54. The van der Waals surface area contributed by atoms with Gasteiger partial charge in [0.2, 0.25) is 15.9 Å². The van der Waals surface area contributed by atoms with Gasteiger partial charge in [-0.05, 0) is 18.3 Å². The number of sulfonamides is 1. The topological polar surface area (TPSA) is 83.7 Å². The molecule has 7 heteroatoms. The molecule has 1 saturated heterocycles. The first-order valence-corrected chi connectivity index (χ1v) is 10.7. The van der Waals surface area contributed by atoms with E-state index >= 15 is 0 Å². The van der Waals surface area contributed by atoms with E-state index in [4.69, 9.17) is 5.14 Å². The number of nitrogens with two attached hydrogens (primary N) is 1. The molecular weight excluding hydrogens is 314 g/mol. The van der Waals surface area contributed by atoms with Crippen molar-refractivity contribution >= 4 is 15.9 Å². The van der Waals surface area contributed by atoms with Crippen LogP contribution in [0.5, 0.6) is 0 Å². The summed E-state index contributed by atoms with van der Waals surface area (Å²) in [5.74, 6) is 2.03. The van der Waals surface area contributed by atoms with Crippen molar-refractivity contribution in [1.82, 2.24) is 9.80 Å². The molecule has 6 nitrogen and oxygen atoms in total. The predicted molar refractivity (Wildman–Crippen MR) is 89.2 cm³/mol. The molecule has 3 fully saturated rings. The molecule has 2 N–H and O–H groups in total. The van der Waals surface area contributed by atoms with E-state index in [9.17, 15) is 13.2 Å². The van der Waals surface area contributed by atoms with Crippen LogP contribution >= 0.6 is 0 Å². The number of carbonyl (C=O) groups excluding carboxylic acids is 1. The minimum atomic E-state index is -3.40. The van der Waals surface area contributed by atoms with Crippen molar-refractivity contribution < 1.29 is 13.2 Å². The van der Waals surface area contributed by atoms with E-state index in [2.05, 4.69) is 4.90 Å². The molecular formula is C16H29N3O3S. The van der Waals surface area contributed by atoms with Gasteiger partial charge in [-0.2, -0.15) is 0 Å². The predicted octanol–water partition coefficient (Wildman–Crippen LogP) is 0.636. The maximum atomic E-state index is 12.6.